The van der Waals surface area contributed by atoms with Gasteiger partial charge in [-0.1, -0.05) is 6.92 Å². The molecule has 0 saturated carbocycles. The van der Waals surface area contributed by atoms with E-state index in [1.54, 1.807) is 6.07 Å². The topological polar surface area (TPSA) is 42.2 Å². The molecule has 1 aromatic rings. The summed E-state index contributed by atoms with van der Waals surface area (Å²) >= 11 is 0. The molecule has 0 atom stereocenters. The van der Waals surface area contributed by atoms with Gasteiger partial charge in [0.05, 0.1) is 0 Å². The summed E-state index contributed by atoms with van der Waals surface area (Å²) in [5.41, 5.74) is 0. The smallest absolute Gasteiger partial charge is 0.286 e. The Morgan fingerprint density at radius 1 is 1.50 bits per heavy atom. The van der Waals surface area contributed by atoms with Crippen LogP contribution in [-0.4, -0.2) is 12.5 Å². The maximum absolute atomic E-state index is 11.6. The van der Waals surface area contributed by atoms with Gasteiger partial charge in [-0.3, -0.25) is 4.79 Å². The van der Waals surface area contributed by atoms with Crippen molar-refractivity contribution in [3.63, 3.8) is 0 Å². The van der Waals surface area contributed by atoms with Crippen molar-refractivity contribution >= 4 is 5.91 Å². The van der Waals surface area contributed by atoms with Crippen molar-refractivity contribution in [2.75, 3.05) is 6.54 Å². The van der Waals surface area contributed by atoms with Gasteiger partial charge < -0.3 is 9.73 Å². The van der Waals surface area contributed by atoms with E-state index >= 15 is 0 Å². The zero-order chi connectivity index (χ0) is 11.8. The average Bonchev–Trinajstić information content (AvgIpc) is 2.77. The molecular weight excluding hydrogens is 202 g/mol. The Kier molecular flexibility index (Phi) is 5.21. The summed E-state index contributed by atoms with van der Waals surface area (Å²) in [5.74, 6) is 3.63. The summed E-state index contributed by atoms with van der Waals surface area (Å²) in [6, 6.07) is 3.53. The lowest BCUT2D eigenvalue weighted by Gasteiger charge is -2.01. The number of hydrogen-bond donors (Lipinski definition) is 1. The number of amides is 1. The van der Waals surface area contributed by atoms with Gasteiger partial charge >= 0.3 is 0 Å². The molecule has 3 heteroatoms. The van der Waals surface area contributed by atoms with E-state index in [1.807, 2.05) is 13.0 Å². The normalized spacial score (nSPS) is 9.75. The number of terminal acetylenes is 1. The molecule has 3 nitrogen and oxygen atoms in total. The SMILES string of the molecule is C#CCCCCNC(=O)c1ccc(CC)o1. The van der Waals surface area contributed by atoms with Gasteiger partial charge in [0.15, 0.2) is 5.76 Å². The number of hydrogen-bond acceptors (Lipinski definition) is 2. The second-order valence-corrected chi connectivity index (χ2v) is 3.54. The molecule has 0 saturated heterocycles. The Morgan fingerprint density at radius 2 is 2.31 bits per heavy atom. The summed E-state index contributed by atoms with van der Waals surface area (Å²) in [6.45, 7) is 2.63. The zero-order valence-electron chi connectivity index (χ0n) is 9.58. The minimum absolute atomic E-state index is 0.152. The molecule has 0 unspecified atom stereocenters. The van der Waals surface area contributed by atoms with Crippen molar-refractivity contribution in [2.24, 2.45) is 0 Å². The summed E-state index contributed by atoms with van der Waals surface area (Å²) in [5, 5.41) is 2.79. The van der Waals surface area contributed by atoms with Crippen LogP contribution in [-0.2, 0) is 6.42 Å². The number of unbranched alkanes of at least 4 members (excludes halogenated alkanes) is 2. The first-order valence-electron chi connectivity index (χ1n) is 5.58. The third kappa shape index (κ3) is 3.82. The number of nitrogens with one attached hydrogen (secondary N) is 1. The van der Waals surface area contributed by atoms with Gasteiger partial charge in [-0.25, -0.2) is 0 Å². The molecule has 16 heavy (non-hydrogen) atoms. The number of aryl methyl sites for hydroxylation is 1. The van der Waals surface area contributed by atoms with E-state index in [4.69, 9.17) is 10.8 Å². The van der Waals surface area contributed by atoms with Gasteiger partial charge in [0, 0.05) is 19.4 Å². The van der Waals surface area contributed by atoms with Crippen molar-refractivity contribution in [2.45, 2.75) is 32.6 Å². The Bertz CT molecular complexity index is 374. The van der Waals surface area contributed by atoms with Gasteiger partial charge in [0.1, 0.15) is 5.76 Å². The Labute approximate surface area is 96.2 Å². The first-order chi connectivity index (χ1) is 7.77. The summed E-state index contributed by atoms with van der Waals surface area (Å²) in [4.78, 5) is 11.6. The quantitative estimate of drug-likeness (QED) is 0.589. The molecular formula is C13H17NO2. The number of rotatable bonds is 6. The van der Waals surface area contributed by atoms with Crippen LogP contribution in [0.15, 0.2) is 16.5 Å². The van der Waals surface area contributed by atoms with Crippen molar-refractivity contribution in [1.82, 2.24) is 5.32 Å². The fourth-order valence-corrected chi connectivity index (χ4v) is 1.33. The molecule has 0 aliphatic rings. The lowest BCUT2D eigenvalue weighted by Crippen LogP contribution is -2.23. The molecule has 0 fully saturated rings. The fourth-order valence-electron chi connectivity index (χ4n) is 1.33. The maximum Gasteiger partial charge on any atom is 0.286 e. The van der Waals surface area contributed by atoms with Crippen molar-refractivity contribution < 1.29 is 9.21 Å². The molecule has 1 N–H and O–H groups in total. The van der Waals surface area contributed by atoms with E-state index in [0.717, 1.165) is 31.4 Å². The van der Waals surface area contributed by atoms with Crippen molar-refractivity contribution in [1.29, 1.82) is 0 Å². The third-order valence-electron chi connectivity index (χ3n) is 2.27. The van der Waals surface area contributed by atoms with Crippen molar-refractivity contribution in [3.05, 3.63) is 23.7 Å². The van der Waals surface area contributed by atoms with Crippen molar-refractivity contribution in [3.8, 4) is 12.3 Å². The minimum Gasteiger partial charge on any atom is -0.456 e. The molecule has 0 aliphatic carbocycles. The maximum atomic E-state index is 11.6. The van der Waals surface area contributed by atoms with E-state index in [9.17, 15) is 4.79 Å². The van der Waals surface area contributed by atoms with Gasteiger partial charge in [-0.15, -0.1) is 12.3 Å². The van der Waals surface area contributed by atoms with Gasteiger partial charge in [0.25, 0.3) is 5.91 Å². The Hall–Kier alpha value is -1.69. The number of furan rings is 1. The molecule has 0 bridgehead atoms. The highest BCUT2D eigenvalue weighted by molar-refractivity contribution is 5.91. The average molecular weight is 219 g/mol. The predicted octanol–water partition coefficient (Wildman–Crippen LogP) is 2.38. The molecule has 0 aliphatic heterocycles. The van der Waals surface area contributed by atoms with E-state index in [0.29, 0.717) is 12.3 Å². The van der Waals surface area contributed by atoms with Crippen LogP contribution in [0.3, 0.4) is 0 Å². The lowest BCUT2D eigenvalue weighted by atomic mass is 10.2. The van der Waals surface area contributed by atoms with Gasteiger partial charge in [0.2, 0.25) is 0 Å². The second-order valence-electron chi connectivity index (χ2n) is 3.54. The highest BCUT2D eigenvalue weighted by Crippen LogP contribution is 2.08. The Morgan fingerprint density at radius 3 is 2.94 bits per heavy atom. The van der Waals surface area contributed by atoms with E-state index in [2.05, 4.69) is 11.2 Å². The highest BCUT2D eigenvalue weighted by Gasteiger charge is 2.09. The summed E-state index contributed by atoms with van der Waals surface area (Å²) in [7, 11) is 0. The first kappa shape index (κ1) is 12.4. The summed E-state index contributed by atoms with van der Waals surface area (Å²) < 4.78 is 5.33. The largest absolute Gasteiger partial charge is 0.456 e. The van der Waals surface area contributed by atoms with E-state index in [1.165, 1.54) is 0 Å². The second kappa shape index (κ2) is 6.73. The van der Waals surface area contributed by atoms with Crippen LogP contribution < -0.4 is 5.32 Å². The predicted molar refractivity (Wildman–Crippen MR) is 63.1 cm³/mol. The molecule has 1 rings (SSSR count). The van der Waals surface area contributed by atoms with Gasteiger partial charge in [-0.05, 0) is 25.0 Å². The van der Waals surface area contributed by atoms with E-state index in [-0.39, 0.29) is 5.91 Å². The van der Waals surface area contributed by atoms with Crippen LogP contribution in [0.25, 0.3) is 0 Å². The Balaban J connectivity index is 2.27. The van der Waals surface area contributed by atoms with Crippen LogP contribution in [0.1, 0.15) is 42.5 Å². The molecule has 1 heterocycles. The summed E-state index contributed by atoms with van der Waals surface area (Å²) in [6.07, 6.45) is 8.53. The monoisotopic (exact) mass is 219 g/mol. The standard InChI is InChI=1S/C13H17NO2/c1-3-5-6-7-10-14-13(15)12-9-8-11(4-2)16-12/h1,8-9H,4-7,10H2,2H3,(H,14,15). The highest BCUT2D eigenvalue weighted by atomic mass is 16.3. The van der Waals surface area contributed by atoms with E-state index < -0.39 is 0 Å². The lowest BCUT2D eigenvalue weighted by molar-refractivity contribution is 0.0923. The zero-order valence-corrected chi connectivity index (χ0v) is 9.58. The van der Waals surface area contributed by atoms with Crippen LogP contribution >= 0.6 is 0 Å². The number of carbonyl (C=O) groups is 1. The van der Waals surface area contributed by atoms with Crippen LogP contribution in [0.2, 0.25) is 0 Å². The van der Waals surface area contributed by atoms with Crippen LogP contribution in [0, 0.1) is 12.3 Å². The number of carbonyl (C=O) groups excluding carboxylic acids is 1. The molecule has 0 aromatic carbocycles. The first-order valence-corrected chi connectivity index (χ1v) is 5.58. The molecule has 1 aromatic heterocycles. The molecule has 0 radical (unpaired) electrons. The van der Waals surface area contributed by atoms with Crippen LogP contribution in [0.5, 0.6) is 0 Å². The minimum atomic E-state index is -0.152. The molecule has 86 valence electrons. The third-order valence-corrected chi connectivity index (χ3v) is 2.27. The fraction of sp³-hybridized carbons (Fsp3) is 0.462. The van der Waals surface area contributed by atoms with Gasteiger partial charge in [-0.2, -0.15) is 0 Å². The van der Waals surface area contributed by atoms with Crippen LogP contribution in [0.4, 0.5) is 0 Å². The molecule has 0 spiro atoms. The molecule has 1 amide bonds.